The molecule has 4 rings (SSSR count). The maximum atomic E-state index is 12.3. The molecule has 1 amide bonds. The maximum Gasteiger partial charge on any atom is 0.293 e. The monoisotopic (exact) mass is 272 g/mol. The number of anilines is 1. The third kappa shape index (κ3) is 1.52. The smallest absolute Gasteiger partial charge is 0.293 e. The van der Waals surface area contributed by atoms with Gasteiger partial charge in [-0.15, -0.1) is 0 Å². The van der Waals surface area contributed by atoms with E-state index < -0.39 is 4.92 Å². The summed E-state index contributed by atoms with van der Waals surface area (Å²) in [4.78, 5) is 23.0. The van der Waals surface area contributed by atoms with E-state index in [2.05, 4.69) is 5.32 Å². The molecule has 1 N–H and O–H groups in total. The van der Waals surface area contributed by atoms with Gasteiger partial charge < -0.3 is 5.32 Å². The molecule has 1 aromatic carbocycles. The first-order valence-electron chi connectivity index (χ1n) is 7.23. The topological polar surface area (TPSA) is 72.2 Å². The number of nitro benzene ring substituents is 1. The number of carbonyl (C=O) groups excluding carboxylic acids is 1. The molecule has 5 nitrogen and oxygen atoms in total. The zero-order chi connectivity index (χ0) is 13.9. The molecule has 0 saturated heterocycles. The lowest BCUT2D eigenvalue weighted by molar-refractivity contribution is -0.383. The fourth-order valence-corrected chi connectivity index (χ4v) is 4.57. The minimum atomic E-state index is -0.414. The summed E-state index contributed by atoms with van der Waals surface area (Å²) in [5.74, 6) is 1.53. The van der Waals surface area contributed by atoms with Gasteiger partial charge in [0, 0.05) is 6.07 Å². The van der Waals surface area contributed by atoms with Crippen molar-refractivity contribution in [3.63, 3.8) is 0 Å². The van der Waals surface area contributed by atoms with E-state index in [1.54, 1.807) is 6.07 Å². The Bertz CT molecular complexity index is 613. The van der Waals surface area contributed by atoms with Gasteiger partial charge in [0.15, 0.2) is 0 Å². The van der Waals surface area contributed by atoms with Crippen molar-refractivity contribution in [2.75, 3.05) is 5.32 Å². The van der Waals surface area contributed by atoms with Crippen molar-refractivity contribution in [3.8, 4) is 0 Å². The molecule has 2 saturated carbocycles. The first kappa shape index (κ1) is 11.9. The van der Waals surface area contributed by atoms with Crippen LogP contribution in [0.3, 0.4) is 0 Å². The quantitative estimate of drug-likeness (QED) is 0.664. The molecule has 1 heterocycles. The van der Waals surface area contributed by atoms with Crippen LogP contribution in [-0.4, -0.2) is 10.8 Å². The Morgan fingerprint density at radius 1 is 1.25 bits per heavy atom. The second kappa shape index (κ2) is 4.04. The van der Waals surface area contributed by atoms with E-state index in [1.807, 2.05) is 6.07 Å². The van der Waals surface area contributed by atoms with Gasteiger partial charge in [-0.1, -0.05) is 18.6 Å². The molecule has 1 aromatic rings. The summed E-state index contributed by atoms with van der Waals surface area (Å²) in [5.41, 5.74) is 1.28. The summed E-state index contributed by atoms with van der Waals surface area (Å²) in [6.07, 6.45) is 4.84. The Morgan fingerprint density at radius 3 is 2.75 bits per heavy atom. The Labute approximate surface area is 116 Å². The van der Waals surface area contributed by atoms with E-state index >= 15 is 0 Å². The van der Waals surface area contributed by atoms with Crippen molar-refractivity contribution in [2.45, 2.75) is 31.6 Å². The first-order chi connectivity index (χ1) is 9.65. The second-order valence-corrected chi connectivity index (χ2v) is 6.30. The van der Waals surface area contributed by atoms with Crippen LogP contribution in [0.15, 0.2) is 18.2 Å². The van der Waals surface area contributed by atoms with E-state index in [1.165, 1.54) is 25.3 Å². The van der Waals surface area contributed by atoms with E-state index in [-0.39, 0.29) is 17.5 Å². The van der Waals surface area contributed by atoms with Crippen LogP contribution in [0.1, 0.15) is 37.2 Å². The van der Waals surface area contributed by atoms with Gasteiger partial charge in [-0.05, 0) is 42.6 Å². The fraction of sp³-hybridized carbons (Fsp3) is 0.533. The Hall–Kier alpha value is -1.91. The third-order valence-electron chi connectivity index (χ3n) is 5.36. The lowest BCUT2D eigenvalue weighted by atomic mass is 9.76. The number of carbonyl (C=O) groups is 1. The third-order valence-corrected chi connectivity index (χ3v) is 5.36. The Morgan fingerprint density at radius 2 is 2.10 bits per heavy atom. The number of hydrogen-bond donors (Lipinski definition) is 1. The van der Waals surface area contributed by atoms with Crippen molar-refractivity contribution < 1.29 is 9.72 Å². The van der Waals surface area contributed by atoms with E-state index in [9.17, 15) is 14.9 Å². The highest BCUT2D eigenvalue weighted by molar-refractivity contribution is 6.05. The molecule has 0 radical (unpaired) electrons. The van der Waals surface area contributed by atoms with Crippen molar-refractivity contribution in [1.29, 1.82) is 0 Å². The lowest BCUT2D eigenvalue weighted by Crippen LogP contribution is -2.25. The molecule has 0 spiro atoms. The molecule has 20 heavy (non-hydrogen) atoms. The number of nitro groups is 1. The number of para-hydroxylation sites is 1. The molecule has 2 fully saturated rings. The lowest BCUT2D eigenvalue weighted by Gasteiger charge is -2.26. The SMILES string of the molecule is O=C1Nc2c(cccc2[N+](=O)[O-])C1C1CC2CCC1C2. The largest absolute Gasteiger partial charge is 0.320 e. The molecule has 104 valence electrons. The van der Waals surface area contributed by atoms with Gasteiger partial charge >= 0.3 is 0 Å². The van der Waals surface area contributed by atoms with Crippen LogP contribution >= 0.6 is 0 Å². The van der Waals surface area contributed by atoms with Gasteiger partial charge in [-0.25, -0.2) is 0 Å². The normalized spacial score (nSPS) is 34.1. The summed E-state index contributed by atoms with van der Waals surface area (Å²) in [5, 5.41) is 13.8. The van der Waals surface area contributed by atoms with Crippen LogP contribution in [0, 0.1) is 27.9 Å². The standard InChI is InChI=1S/C15H16N2O3/c18-15-13(11-7-8-4-5-9(11)6-8)10-2-1-3-12(17(19)20)14(10)16-15/h1-3,8-9,11,13H,4-7H2,(H,16,18). The van der Waals surface area contributed by atoms with Gasteiger partial charge in [0.1, 0.15) is 5.69 Å². The molecule has 2 bridgehead atoms. The number of nitrogens with one attached hydrogen (secondary N) is 1. The molecule has 4 atom stereocenters. The average molecular weight is 272 g/mol. The van der Waals surface area contributed by atoms with Crippen molar-refractivity contribution in [1.82, 2.24) is 0 Å². The van der Waals surface area contributed by atoms with Crippen LogP contribution < -0.4 is 5.32 Å². The van der Waals surface area contributed by atoms with Crippen molar-refractivity contribution in [2.24, 2.45) is 17.8 Å². The van der Waals surface area contributed by atoms with Gasteiger partial charge in [-0.2, -0.15) is 0 Å². The van der Waals surface area contributed by atoms with Crippen LogP contribution in [0.2, 0.25) is 0 Å². The minimum absolute atomic E-state index is 0.0153. The summed E-state index contributed by atoms with van der Waals surface area (Å²) in [7, 11) is 0. The Balaban J connectivity index is 1.76. The molecule has 0 aromatic heterocycles. The summed E-state index contributed by atoms with van der Waals surface area (Å²) >= 11 is 0. The molecule has 2 aliphatic carbocycles. The predicted molar refractivity (Wildman–Crippen MR) is 73.4 cm³/mol. The number of fused-ring (bicyclic) bond motifs is 3. The maximum absolute atomic E-state index is 12.3. The zero-order valence-corrected chi connectivity index (χ0v) is 11.0. The van der Waals surface area contributed by atoms with E-state index in [4.69, 9.17) is 0 Å². The number of hydrogen-bond acceptors (Lipinski definition) is 3. The highest BCUT2D eigenvalue weighted by Crippen LogP contribution is 2.56. The van der Waals surface area contributed by atoms with Gasteiger partial charge in [0.2, 0.25) is 5.91 Å². The molecule has 5 heteroatoms. The summed E-state index contributed by atoms with van der Waals surface area (Å²) in [6, 6.07) is 5.02. The van der Waals surface area contributed by atoms with Crippen molar-refractivity contribution in [3.05, 3.63) is 33.9 Å². The van der Waals surface area contributed by atoms with Crippen LogP contribution in [0.4, 0.5) is 11.4 Å². The fourth-order valence-electron chi connectivity index (χ4n) is 4.57. The van der Waals surface area contributed by atoms with Crippen LogP contribution in [0.25, 0.3) is 0 Å². The van der Waals surface area contributed by atoms with E-state index in [0.717, 1.165) is 17.9 Å². The van der Waals surface area contributed by atoms with Gasteiger partial charge in [-0.3, -0.25) is 14.9 Å². The molecule has 3 aliphatic rings. The number of benzene rings is 1. The average Bonchev–Trinajstić information content (AvgIpc) is 3.09. The zero-order valence-electron chi connectivity index (χ0n) is 11.0. The Kier molecular flexibility index (Phi) is 2.40. The minimum Gasteiger partial charge on any atom is -0.320 e. The van der Waals surface area contributed by atoms with Gasteiger partial charge in [0.25, 0.3) is 5.69 Å². The van der Waals surface area contributed by atoms with Crippen molar-refractivity contribution >= 4 is 17.3 Å². The molecular weight excluding hydrogens is 256 g/mol. The van der Waals surface area contributed by atoms with Crippen LogP contribution in [-0.2, 0) is 4.79 Å². The predicted octanol–water partition coefficient (Wildman–Crippen LogP) is 3.07. The van der Waals surface area contributed by atoms with Crippen LogP contribution in [0.5, 0.6) is 0 Å². The summed E-state index contributed by atoms with van der Waals surface area (Å²) < 4.78 is 0. The summed E-state index contributed by atoms with van der Waals surface area (Å²) in [6.45, 7) is 0. The first-order valence-corrected chi connectivity index (χ1v) is 7.23. The molecule has 1 aliphatic heterocycles. The highest BCUT2D eigenvalue weighted by atomic mass is 16.6. The van der Waals surface area contributed by atoms with Gasteiger partial charge in [0.05, 0.1) is 10.8 Å². The molecular formula is C15H16N2O3. The number of rotatable bonds is 2. The number of nitrogens with zero attached hydrogens (tertiary/aromatic N) is 1. The number of amides is 1. The second-order valence-electron chi connectivity index (χ2n) is 6.30. The van der Waals surface area contributed by atoms with E-state index in [0.29, 0.717) is 17.5 Å². The highest BCUT2D eigenvalue weighted by Gasteiger charge is 2.49. The molecule has 4 unspecified atom stereocenters.